The SMILES string of the molecule is Cc1cccc(NS(=O)(=O)C(C)CO)c1Br. The minimum atomic E-state index is -3.53. The molecule has 1 rings (SSSR count). The molecular weight excluding hydrogens is 294 g/mol. The van der Waals surface area contributed by atoms with Crippen LogP contribution in [0.1, 0.15) is 12.5 Å². The summed E-state index contributed by atoms with van der Waals surface area (Å²) in [6, 6.07) is 5.30. The maximum Gasteiger partial charge on any atom is 0.237 e. The normalized spacial score (nSPS) is 13.5. The fraction of sp³-hybridized carbons (Fsp3) is 0.400. The average molecular weight is 308 g/mol. The topological polar surface area (TPSA) is 66.4 Å². The first-order valence-corrected chi connectivity index (χ1v) is 7.10. The minimum absolute atomic E-state index is 0.404. The van der Waals surface area contributed by atoms with Crippen LogP contribution in [0.25, 0.3) is 0 Å². The highest BCUT2D eigenvalue weighted by Crippen LogP contribution is 2.27. The lowest BCUT2D eigenvalue weighted by Crippen LogP contribution is -2.28. The number of halogens is 1. The van der Waals surface area contributed by atoms with Gasteiger partial charge in [0.25, 0.3) is 0 Å². The molecule has 90 valence electrons. The molecule has 1 atom stereocenters. The Balaban J connectivity index is 3.02. The maximum atomic E-state index is 11.7. The van der Waals surface area contributed by atoms with Crippen LogP contribution in [-0.4, -0.2) is 25.4 Å². The zero-order chi connectivity index (χ0) is 12.3. The van der Waals surface area contributed by atoms with E-state index < -0.39 is 21.9 Å². The highest BCUT2D eigenvalue weighted by atomic mass is 79.9. The Hall–Kier alpha value is -0.590. The van der Waals surface area contributed by atoms with Crippen molar-refractivity contribution in [1.29, 1.82) is 0 Å². The maximum absolute atomic E-state index is 11.7. The second kappa shape index (κ2) is 5.16. The highest BCUT2D eigenvalue weighted by Gasteiger charge is 2.20. The number of sulfonamides is 1. The molecule has 0 aliphatic rings. The van der Waals surface area contributed by atoms with Gasteiger partial charge in [-0.3, -0.25) is 4.72 Å². The van der Waals surface area contributed by atoms with Crippen molar-refractivity contribution < 1.29 is 13.5 Å². The van der Waals surface area contributed by atoms with E-state index in [1.807, 2.05) is 13.0 Å². The van der Waals surface area contributed by atoms with Gasteiger partial charge in [-0.2, -0.15) is 0 Å². The van der Waals surface area contributed by atoms with Crippen molar-refractivity contribution >= 4 is 31.6 Å². The summed E-state index contributed by atoms with van der Waals surface area (Å²) in [4.78, 5) is 0. The standard InChI is InChI=1S/C10H14BrNO3S/c1-7-4-3-5-9(10(7)11)12-16(14,15)8(2)6-13/h3-5,8,12-13H,6H2,1-2H3. The van der Waals surface area contributed by atoms with Crippen LogP contribution in [0.3, 0.4) is 0 Å². The number of anilines is 1. The second-order valence-corrected chi connectivity index (χ2v) is 6.47. The lowest BCUT2D eigenvalue weighted by atomic mass is 10.2. The van der Waals surface area contributed by atoms with E-state index in [1.165, 1.54) is 6.92 Å². The summed E-state index contributed by atoms with van der Waals surface area (Å²) in [5.74, 6) is 0. The van der Waals surface area contributed by atoms with Gasteiger partial charge < -0.3 is 5.11 Å². The van der Waals surface area contributed by atoms with Gasteiger partial charge in [0.2, 0.25) is 10.0 Å². The van der Waals surface area contributed by atoms with Crippen molar-refractivity contribution in [2.24, 2.45) is 0 Å². The van der Waals surface area contributed by atoms with Crippen molar-refractivity contribution in [2.75, 3.05) is 11.3 Å². The van der Waals surface area contributed by atoms with Gasteiger partial charge in [-0.25, -0.2) is 8.42 Å². The second-order valence-electron chi connectivity index (χ2n) is 3.58. The molecule has 0 radical (unpaired) electrons. The van der Waals surface area contributed by atoms with E-state index in [1.54, 1.807) is 12.1 Å². The van der Waals surface area contributed by atoms with Crippen molar-refractivity contribution in [3.05, 3.63) is 28.2 Å². The van der Waals surface area contributed by atoms with Gasteiger partial charge in [0.05, 0.1) is 12.3 Å². The molecule has 0 fully saturated rings. The first kappa shape index (κ1) is 13.5. The Morgan fingerprint density at radius 3 is 2.69 bits per heavy atom. The molecule has 1 aromatic carbocycles. The molecule has 2 N–H and O–H groups in total. The molecule has 0 saturated heterocycles. The molecule has 0 saturated carbocycles. The predicted molar refractivity (Wildman–Crippen MR) is 68.0 cm³/mol. The zero-order valence-corrected chi connectivity index (χ0v) is 11.5. The molecule has 0 bridgehead atoms. The number of hydrogen-bond donors (Lipinski definition) is 2. The molecule has 0 heterocycles. The first-order chi connectivity index (χ1) is 7.38. The van der Waals surface area contributed by atoms with Gasteiger partial charge >= 0.3 is 0 Å². The van der Waals surface area contributed by atoms with Crippen LogP contribution in [0.5, 0.6) is 0 Å². The molecule has 0 spiro atoms. The molecule has 0 aliphatic heterocycles. The summed E-state index contributed by atoms with van der Waals surface area (Å²) in [6.45, 7) is 2.92. The van der Waals surface area contributed by atoms with Gasteiger partial charge in [0.15, 0.2) is 0 Å². The molecular formula is C10H14BrNO3S. The summed E-state index contributed by atoms with van der Waals surface area (Å²) < 4.78 is 26.6. The predicted octanol–water partition coefficient (Wildman–Crippen LogP) is 1.88. The molecule has 1 aromatic rings. The first-order valence-electron chi connectivity index (χ1n) is 4.76. The van der Waals surface area contributed by atoms with E-state index in [4.69, 9.17) is 5.11 Å². The Morgan fingerprint density at radius 1 is 1.50 bits per heavy atom. The molecule has 6 heteroatoms. The van der Waals surface area contributed by atoms with Gasteiger partial charge in [-0.1, -0.05) is 12.1 Å². The summed E-state index contributed by atoms with van der Waals surface area (Å²) in [6.07, 6.45) is 0. The molecule has 4 nitrogen and oxygen atoms in total. The van der Waals surface area contributed by atoms with E-state index in [0.29, 0.717) is 10.2 Å². The van der Waals surface area contributed by atoms with E-state index in [0.717, 1.165) is 5.56 Å². The lowest BCUT2D eigenvalue weighted by Gasteiger charge is -2.14. The number of nitrogens with one attached hydrogen (secondary N) is 1. The zero-order valence-electron chi connectivity index (χ0n) is 9.07. The quantitative estimate of drug-likeness (QED) is 0.892. The van der Waals surface area contributed by atoms with Crippen LogP contribution in [0.4, 0.5) is 5.69 Å². The fourth-order valence-corrected chi connectivity index (χ4v) is 2.45. The van der Waals surface area contributed by atoms with Crippen LogP contribution in [0.15, 0.2) is 22.7 Å². The van der Waals surface area contributed by atoms with Crippen molar-refractivity contribution in [2.45, 2.75) is 19.1 Å². The third-order valence-corrected chi connectivity index (χ3v) is 5.00. The van der Waals surface area contributed by atoms with E-state index >= 15 is 0 Å². The van der Waals surface area contributed by atoms with Gasteiger partial charge in [-0.15, -0.1) is 0 Å². The van der Waals surface area contributed by atoms with Gasteiger partial charge in [0.1, 0.15) is 5.25 Å². The summed E-state index contributed by atoms with van der Waals surface area (Å²) >= 11 is 3.31. The Bertz CT molecular complexity index is 473. The summed E-state index contributed by atoms with van der Waals surface area (Å²) in [7, 11) is -3.53. The molecule has 0 aliphatic carbocycles. The van der Waals surface area contributed by atoms with Crippen molar-refractivity contribution in [3.63, 3.8) is 0 Å². The average Bonchev–Trinajstić information content (AvgIpc) is 2.23. The fourth-order valence-electron chi connectivity index (χ4n) is 1.08. The van der Waals surface area contributed by atoms with Gasteiger partial charge in [-0.05, 0) is 41.4 Å². The van der Waals surface area contributed by atoms with E-state index in [-0.39, 0.29) is 0 Å². The number of aryl methyl sites for hydroxylation is 1. The van der Waals surface area contributed by atoms with E-state index in [2.05, 4.69) is 20.7 Å². The number of aliphatic hydroxyl groups excluding tert-OH is 1. The highest BCUT2D eigenvalue weighted by molar-refractivity contribution is 9.10. The van der Waals surface area contributed by atoms with Crippen LogP contribution in [-0.2, 0) is 10.0 Å². The number of aliphatic hydroxyl groups is 1. The van der Waals surface area contributed by atoms with E-state index in [9.17, 15) is 8.42 Å². The Labute approximate surface area is 104 Å². The minimum Gasteiger partial charge on any atom is -0.395 e. The summed E-state index contributed by atoms with van der Waals surface area (Å²) in [5, 5.41) is 8.01. The van der Waals surface area contributed by atoms with Crippen molar-refractivity contribution in [1.82, 2.24) is 0 Å². The molecule has 1 unspecified atom stereocenters. The monoisotopic (exact) mass is 307 g/mol. The van der Waals surface area contributed by atoms with Crippen LogP contribution < -0.4 is 4.72 Å². The largest absolute Gasteiger partial charge is 0.395 e. The molecule has 0 aromatic heterocycles. The van der Waals surface area contributed by atoms with Crippen LogP contribution >= 0.6 is 15.9 Å². The molecule has 16 heavy (non-hydrogen) atoms. The summed E-state index contributed by atoms with van der Waals surface area (Å²) in [5.41, 5.74) is 1.43. The van der Waals surface area contributed by atoms with Crippen LogP contribution in [0.2, 0.25) is 0 Å². The smallest absolute Gasteiger partial charge is 0.237 e. The number of benzene rings is 1. The molecule has 0 amide bonds. The third kappa shape index (κ3) is 2.96. The Morgan fingerprint density at radius 2 is 2.12 bits per heavy atom. The number of rotatable bonds is 4. The van der Waals surface area contributed by atoms with Gasteiger partial charge in [0, 0.05) is 4.47 Å². The van der Waals surface area contributed by atoms with Crippen molar-refractivity contribution in [3.8, 4) is 0 Å². The lowest BCUT2D eigenvalue weighted by molar-refractivity contribution is 0.296. The Kier molecular flexibility index (Phi) is 4.35. The number of hydrogen-bond acceptors (Lipinski definition) is 3. The van der Waals surface area contributed by atoms with Crippen LogP contribution in [0, 0.1) is 6.92 Å². The third-order valence-electron chi connectivity index (χ3n) is 2.23.